The molecule has 1 aromatic rings. The molecule has 0 saturated carbocycles. The summed E-state index contributed by atoms with van der Waals surface area (Å²) >= 11 is 0. The van der Waals surface area contributed by atoms with Gasteiger partial charge in [-0.3, -0.25) is 0 Å². The van der Waals surface area contributed by atoms with Crippen molar-refractivity contribution in [1.82, 2.24) is 9.80 Å². The lowest BCUT2D eigenvalue weighted by atomic mass is 10.3. The van der Waals surface area contributed by atoms with E-state index in [0.29, 0.717) is 13.2 Å². The average Bonchev–Trinajstić information content (AvgIpc) is 2.30. The minimum absolute atomic E-state index is 0.702. The molecule has 102 valence electrons. The van der Waals surface area contributed by atoms with E-state index in [-0.39, 0.29) is 0 Å². The second-order valence-electron chi connectivity index (χ2n) is 4.77. The van der Waals surface area contributed by atoms with E-state index in [9.17, 15) is 0 Å². The molecule has 0 spiro atoms. The molecule has 0 aliphatic carbocycles. The number of ether oxygens (including phenoxy) is 2. The van der Waals surface area contributed by atoms with Crippen LogP contribution in [0.1, 0.15) is 0 Å². The van der Waals surface area contributed by atoms with Gasteiger partial charge in [-0.1, -0.05) is 0 Å². The summed E-state index contributed by atoms with van der Waals surface area (Å²) in [6.07, 6.45) is 0. The van der Waals surface area contributed by atoms with Crippen molar-refractivity contribution in [2.75, 3.05) is 54.5 Å². The number of rotatable bonds is 8. The fraction of sp³-hybridized carbons (Fsp3) is 0.571. The fourth-order valence-corrected chi connectivity index (χ4v) is 1.32. The second kappa shape index (κ2) is 7.95. The molecule has 1 aromatic carbocycles. The zero-order chi connectivity index (χ0) is 13.4. The van der Waals surface area contributed by atoms with Crippen LogP contribution in [-0.2, 0) is 0 Å². The highest BCUT2D eigenvalue weighted by molar-refractivity contribution is 5.31. The van der Waals surface area contributed by atoms with E-state index < -0.39 is 0 Å². The maximum Gasteiger partial charge on any atom is 0.119 e. The standard InChI is InChI=1S/C14H24N2O2/c1-15(2)9-11-17-13-5-7-14(8-6-13)18-12-10-16(3)4/h5-8H,9-12H2,1-4H3. The van der Waals surface area contributed by atoms with Crippen molar-refractivity contribution < 1.29 is 9.47 Å². The number of nitrogens with zero attached hydrogens (tertiary/aromatic N) is 2. The summed E-state index contributed by atoms with van der Waals surface area (Å²) in [7, 11) is 8.13. The third kappa shape index (κ3) is 6.47. The molecule has 0 aliphatic heterocycles. The van der Waals surface area contributed by atoms with E-state index in [1.165, 1.54) is 0 Å². The first-order valence-electron chi connectivity index (χ1n) is 6.23. The van der Waals surface area contributed by atoms with E-state index in [4.69, 9.17) is 9.47 Å². The Balaban J connectivity index is 2.28. The number of benzene rings is 1. The Labute approximate surface area is 110 Å². The molecule has 0 amide bonds. The quantitative estimate of drug-likeness (QED) is 0.701. The molecule has 0 fully saturated rings. The molecule has 0 saturated heterocycles. The Bertz CT molecular complexity index is 290. The van der Waals surface area contributed by atoms with Crippen LogP contribution in [0, 0.1) is 0 Å². The van der Waals surface area contributed by atoms with Crippen molar-refractivity contribution in [3.8, 4) is 11.5 Å². The molecule has 1 rings (SSSR count). The van der Waals surface area contributed by atoms with E-state index in [1.807, 2.05) is 52.5 Å². The molecule has 0 aromatic heterocycles. The van der Waals surface area contributed by atoms with Gasteiger partial charge in [-0.25, -0.2) is 0 Å². The molecule has 18 heavy (non-hydrogen) atoms. The first-order valence-corrected chi connectivity index (χ1v) is 6.23. The van der Waals surface area contributed by atoms with Crippen molar-refractivity contribution in [3.05, 3.63) is 24.3 Å². The first kappa shape index (κ1) is 14.8. The molecule has 4 heteroatoms. The third-order valence-electron chi connectivity index (χ3n) is 2.44. The van der Waals surface area contributed by atoms with Gasteiger partial charge in [0.1, 0.15) is 24.7 Å². The second-order valence-corrected chi connectivity index (χ2v) is 4.77. The average molecular weight is 252 g/mol. The van der Waals surface area contributed by atoms with Crippen molar-refractivity contribution in [2.45, 2.75) is 0 Å². The van der Waals surface area contributed by atoms with Crippen LogP contribution >= 0.6 is 0 Å². The van der Waals surface area contributed by atoms with Gasteiger partial charge in [0, 0.05) is 13.1 Å². The lowest BCUT2D eigenvalue weighted by Gasteiger charge is -2.12. The van der Waals surface area contributed by atoms with E-state index in [2.05, 4.69) is 9.80 Å². The monoisotopic (exact) mass is 252 g/mol. The van der Waals surface area contributed by atoms with Gasteiger partial charge in [0.25, 0.3) is 0 Å². The Hall–Kier alpha value is -1.26. The number of hydrogen-bond donors (Lipinski definition) is 0. The highest BCUT2D eigenvalue weighted by atomic mass is 16.5. The van der Waals surface area contributed by atoms with Gasteiger partial charge in [0.05, 0.1) is 0 Å². The van der Waals surface area contributed by atoms with Crippen LogP contribution in [0.2, 0.25) is 0 Å². The topological polar surface area (TPSA) is 24.9 Å². The molecule has 0 unspecified atom stereocenters. The summed E-state index contributed by atoms with van der Waals surface area (Å²) in [4.78, 5) is 4.19. The minimum Gasteiger partial charge on any atom is -0.492 e. The number of likely N-dealkylation sites (N-methyl/N-ethyl adjacent to an activating group) is 2. The minimum atomic E-state index is 0.702. The fourth-order valence-electron chi connectivity index (χ4n) is 1.32. The normalized spacial score (nSPS) is 11.0. The molecule has 0 N–H and O–H groups in total. The Morgan fingerprint density at radius 1 is 0.722 bits per heavy atom. The predicted molar refractivity (Wildman–Crippen MR) is 74.5 cm³/mol. The van der Waals surface area contributed by atoms with Gasteiger partial charge in [0.2, 0.25) is 0 Å². The van der Waals surface area contributed by atoms with Crippen LogP contribution < -0.4 is 9.47 Å². The SMILES string of the molecule is CN(C)CCOc1ccc(OCCN(C)C)cc1. The van der Waals surface area contributed by atoms with Crippen LogP contribution in [-0.4, -0.2) is 64.3 Å². The summed E-state index contributed by atoms with van der Waals surface area (Å²) in [5, 5.41) is 0. The predicted octanol–water partition coefficient (Wildman–Crippen LogP) is 1.57. The van der Waals surface area contributed by atoms with Gasteiger partial charge in [-0.2, -0.15) is 0 Å². The molecular weight excluding hydrogens is 228 g/mol. The van der Waals surface area contributed by atoms with Crippen LogP contribution in [0.15, 0.2) is 24.3 Å². The molecule has 0 aliphatic rings. The van der Waals surface area contributed by atoms with Crippen LogP contribution in [0.25, 0.3) is 0 Å². The van der Waals surface area contributed by atoms with Gasteiger partial charge in [-0.15, -0.1) is 0 Å². The molecule has 0 atom stereocenters. The van der Waals surface area contributed by atoms with Gasteiger partial charge < -0.3 is 19.3 Å². The maximum absolute atomic E-state index is 5.61. The van der Waals surface area contributed by atoms with E-state index >= 15 is 0 Å². The Kier molecular flexibility index (Phi) is 6.54. The van der Waals surface area contributed by atoms with Crippen LogP contribution in [0.4, 0.5) is 0 Å². The van der Waals surface area contributed by atoms with Crippen molar-refractivity contribution in [3.63, 3.8) is 0 Å². The largest absolute Gasteiger partial charge is 0.492 e. The van der Waals surface area contributed by atoms with E-state index in [0.717, 1.165) is 24.6 Å². The lowest BCUT2D eigenvalue weighted by molar-refractivity contribution is 0.256. The van der Waals surface area contributed by atoms with Gasteiger partial charge >= 0.3 is 0 Å². The number of hydrogen-bond acceptors (Lipinski definition) is 4. The summed E-state index contributed by atoms with van der Waals surface area (Å²) in [6.45, 7) is 3.24. The summed E-state index contributed by atoms with van der Waals surface area (Å²) in [5.41, 5.74) is 0. The summed E-state index contributed by atoms with van der Waals surface area (Å²) in [5.74, 6) is 1.77. The molecular formula is C14H24N2O2. The van der Waals surface area contributed by atoms with Crippen molar-refractivity contribution >= 4 is 0 Å². The zero-order valence-electron chi connectivity index (χ0n) is 11.8. The third-order valence-corrected chi connectivity index (χ3v) is 2.44. The molecule has 0 heterocycles. The first-order chi connectivity index (χ1) is 8.58. The van der Waals surface area contributed by atoms with Crippen molar-refractivity contribution in [1.29, 1.82) is 0 Å². The molecule has 0 bridgehead atoms. The van der Waals surface area contributed by atoms with Crippen molar-refractivity contribution in [2.24, 2.45) is 0 Å². The Morgan fingerprint density at radius 3 is 1.33 bits per heavy atom. The highest BCUT2D eigenvalue weighted by Crippen LogP contribution is 2.17. The van der Waals surface area contributed by atoms with Gasteiger partial charge in [0.15, 0.2) is 0 Å². The van der Waals surface area contributed by atoms with E-state index in [1.54, 1.807) is 0 Å². The Morgan fingerprint density at radius 2 is 1.06 bits per heavy atom. The molecule has 4 nitrogen and oxygen atoms in total. The summed E-state index contributed by atoms with van der Waals surface area (Å²) < 4.78 is 11.2. The van der Waals surface area contributed by atoms with Crippen LogP contribution in [0.5, 0.6) is 11.5 Å². The molecule has 0 radical (unpaired) electrons. The smallest absolute Gasteiger partial charge is 0.119 e. The van der Waals surface area contributed by atoms with Gasteiger partial charge in [-0.05, 0) is 52.5 Å². The zero-order valence-corrected chi connectivity index (χ0v) is 11.8. The highest BCUT2D eigenvalue weighted by Gasteiger charge is 1.98. The van der Waals surface area contributed by atoms with Crippen LogP contribution in [0.3, 0.4) is 0 Å². The lowest BCUT2D eigenvalue weighted by Crippen LogP contribution is -2.19. The summed E-state index contributed by atoms with van der Waals surface area (Å²) in [6, 6.07) is 7.78. The maximum atomic E-state index is 5.61.